The summed E-state index contributed by atoms with van der Waals surface area (Å²) in [4.78, 5) is 17.0. The molecule has 1 aromatic rings. The van der Waals surface area contributed by atoms with Crippen LogP contribution in [0, 0.1) is 0 Å². The van der Waals surface area contributed by atoms with Gasteiger partial charge in [0.1, 0.15) is 5.75 Å². The second-order valence-electron chi connectivity index (χ2n) is 5.48. The summed E-state index contributed by atoms with van der Waals surface area (Å²) >= 11 is 6.01. The van der Waals surface area contributed by atoms with E-state index in [9.17, 15) is 4.79 Å². The smallest absolute Gasteiger partial charge is 0.257 e. The third kappa shape index (κ3) is 3.00. The first-order valence-electron chi connectivity index (χ1n) is 7.26. The number of ether oxygens (including phenoxy) is 1. The van der Waals surface area contributed by atoms with Gasteiger partial charge in [-0.1, -0.05) is 11.6 Å². The number of rotatable bonds is 3. The number of hydrogen-bond acceptors (Lipinski definition) is 4. The maximum atomic E-state index is 12.6. The first-order valence-corrected chi connectivity index (χ1v) is 7.64. The second-order valence-corrected chi connectivity index (χ2v) is 5.92. The Morgan fingerprint density at radius 3 is 2.57 bits per heavy atom. The molecule has 0 bridgehead atoms. The van der Waals surface area contributed by atoms with Crippen LogP contribution in [-0.2, 0) is 0 Å². The number of benzene rings is 1. The molecule has 1 amide bonds. The van der Waals surface area contributed by atoms with E-state index in [-0.39, 0.29) is 5.91 Å². The Bertz CT molecular complexity index is 526. The molecule has 0 unspecified atom stereocenters. The lowest BCUT2D eigenvalue weighted by atomic mass is 10.1. The van der Waals surface area contributed by atoms with Crippen molar-refractivity contribution in [2.24, 2.45) is 0 Å². The Hall–Kier alpha value is -1.30. The monoisotopic (exact) mass is 309 g/mol. The number of hydrogen-bond donors (Lipinski definition) is 1. The molecule has 1 aromatic carbocycles. The van der Waals surface area contributed by atoms with Crippen molar-refractivity contribution < 1.29 is 9.53 Å². The van der Waals surface area contributed by atoms with Crippen LogP contribution in [0.2, 0.25) is 5.02 Å². The van der Waals surface area contributed by atoms with Crippen molar-refractivity contribution in [1.82, 2.24) is 15.1 Å². The van der Waals surface area contributed by atoms with Crippen molar-refractivity contribution in [2.45, 2.75) is 6.04 Å². The minimum absolute atomic E-state index is 0.000680. The Labute approximate surface area is 129 Å². The first-order chi connectivity index (χ1) is 10.2. The lowest BCUT2D eigenvalue weighted by Gasteiger charge is -2.43. The summed E-state index contributed by atoms with van der Waals surface area (Å²) in [5, 5.41) is 3.84. The van der Waals surface area contributed by atoms with E-state index in [0.717, 1.165) is 39.3 Å². The van der Waals surface area contributed by atoms with E-state index in [1.54, 1.807) is 25.3 Å². The van der Waals surface area contributed by atoms with Gasteiger partial charge < -0.3 is 15.0 Å². The predicted octanol–water partition coefficient (Wildman–Crippen LogP) is 1.08. The normalized spacial score (nSPS) is 20.2. The molecule has 114 valence electrons. The number of amides is 1. The molecule has 0 saturated carbocycles. The Kier molecular flexibility index (Phi) is 4.33. The molecule has 0 radical (unpaired) electrons. The summed E-state index contributed by atoms with van der Waals surface area (Å²) in [5.41, 5.74) is 0.545. The van der Waals surface area contributed by atoms with Crippen LogP contribution in [-0.4, -0.2) is 68.1 Å². The third-order valence-electron chi connectivity index (χ3n) is 4.27. The number of halogens is 1. The Morgan fingerprint density at radius 2 is 2.00 bits per heavy atom. The zero-order valence-electron chi connectivity index (χ0n) is 12.1. The van der Waals surface area contributed by atoms with Crippen LogP contribution in [0.3, 0.4) is 0 Å². The lowest BCUT2D eigenvalue weighted by Crippen LogP contribution is -2.62. The standard InChI is InChI=1S/C15H20ClN3O2/c1-21-14-3-2-11(16)8-13(14)15(20)19-6-4-18(5-7-19)12-9-17-10-12/h2-3,8,12,17H,4-7,9-10H2,1H3. The molecule has 2 fully saturated rings. The number of carbonyl (C=O) groups is 1. The number of carbonyl (C=O) groups excluding carboxylic acids is 1. The number of nitrogens with one attached hydrogen (secondary N) is 1. The quantitative estimate of drug-likeness (QED) is 0.907. The highest BCUT2D eigenvalue weighted by molar-refractivity contribution is 6.31. The van der Waals surface area contributed by atoms with Crippen LogP contribution < -0.4 is 10.1 Å². The topological polar surface area (TPSA) is 44.8 Å². The van der Waals surface area contributed by atoms with Gasteiger partial charge in [-0.05, 0) is 18.2 Å². The summed E-state index contributed by atoms with van der Waals surface area (Å²) in [6.07, 6.45) is 0. The average Bonchev–Trinajstić information content (AvgIpc) is 2.45. The van der Waals surface area contributed by atoms with Crippen LogP contribution in [0.25, 0.3) is 0 Å². The molecule has 0 spiro atoms. The third-order valence-corrected chi connectivity index (χ3v) is 4.50. The van der Waals surface area contributed by atoms with E-state index >= 15 is 0 Å². The Morgan fingerprint density at radius 1 is 1.29 bits per heavy atom. The summed E-state index contributed by atoms with van der Waals surface area (Å²) in [6, 6.07) is 5.80. The molecular weight excluding hydrogens is 290 g/mol. The van der Waals surface area contributed by atoms with Crippen LogP contribution in [0.1, 0.15) is 10.4 Å². The molecule has 2 aliphatic rings. The van der Waals surface area contributed by atoms with Crippen molar-refractivity contribution >= 4 is 17.5 Å². The zero-order chi connectivity index (χ0) is 14.8. The molecular formula is C15H20ClN3O2. The zero-order valence-corrected chi connectivity index (χ0v) is 12.9. The van der Waals surface area contributed by atoms with Crippen molar-refractivity contribution in [3.8, 4) is 5.75 Å². The number of piperazine rings is 1. The lowest BCUT2D eigenvalue weighted by molar-refractivity contribution is 0.0499. The van der Waals surface area contributed by atoms with E-state index in [4.69, 9.17) is 16.3 Å². The minimum Gasteiger partial charge on any atom is -0.496 e. The van der Waals surface area contributed by atoms with Gasteiger partial charge in [0.05, 0.1) is 12.7 Å². The van der Waals surface area contributed by atoms with Gasteiger partial charge in [-0.2, -0.15) is 0 Å². The average molecular weight is 310 g/mol. The molecule has 21 heavy (non-hydrogen) atoms. The molecule has 2 aliphatic heterocycles. The van der Waals surface area contributed by atoms with E-state index in [1.165, 1.54) is 0 Å². The van der Waals surface area contributed by atoms with Crippen LogP contribution in [0.15, 0.2) is 18.2 Å². The second kappa shape index (κ2) is 6.22. The SMILES string of the molecule is COc1ccc(Cl)cc1C(=O)N1CCN(C2CNC2)CC1. The van der Waals surface area contributed by atoms with Crippen molar-refractivity contribution in [2.75, 3.05) is 46.4 Å². The molecule has 0 aliphatic carbocycles. The van der Waals surface area contributed by atoms with E-state index in [0.29, 0.717) is 22.4 Å². The molecule has 2 saturated heterocycles. The maximum absolute atomic E-state index is 12.6. The largest absolute Gasteiger partial charge is 0.496 e. The summed E-state index contributed by atoms with van der Waals surface area (Å²) in [7, 11) is 1.57. The highest BCUT2D eigenvalue weighted by atomic mass is 35.5. The Balaban J connectivity index is 1.67. The van der Waals surface area contributed by atoms with Gasteiger partial charge in [0.2, 0.25) is 0 Å². The fourth-order valence-electron chi connectivity index (χ4n) is 2.84. The maximum Gasteiger partial charge on any atom is 0.257 e. The molecule has 3 rings (SSSR count). The van der Waals surface area contributed by atoms with E-state index < -0.39 is 0 Å². The molecule has 0 atom stereocenters. The van der Waals surface area contributed by atoms with Crippen molar-refractivity contribution in [1.29, 1.82) is 0 Å². The van der Waals surface area contributed by atoms with Crippen LogP contribution in [0.5, 0.6) is 5.75 Å². The van der Waals surface area contributed by atoms with E-state index in [2.05, 4.69) is 10.2 Å². The summed E-state index contributed by atoms with van der Waals surface area (Å²) in [6.45, 7) is 5.50. The van der Waals surface area contributed by atoms with Gasteiger partial charge >= 0.3 is 0 Å². The van der Waals surface area contributed by atoms with E-state index in [1.807, 2.05) is 4.90 Å². The van der Waals surface area contributed by atoms with Gasteiger partial charge in [-0.15, -0.1) is 0 Å². The molecule has 6 heteroatoms. The summed E-state index contributed by atoms with van der Waals surface area (Å²) < 4.78 is 5.27. The van der Waals surface area contributed by atoms with Gasteiger partial charge in [-0.25, -0.2) is 0 Å². The van der Waals surface area contributed by atoms with Crippen molar-refractivity contribution in [3.05, 3.63) is 28.8 Å². The number of methoxy groups -OCH3 is 1. The molecule has 1 N–H and O–H groups in total. The highest BCUT2D eigenvalue weighted by Crippen LogP contribution is 2.24. The van der Waals surface area contributed by atoms with Gasteiger partial charge in [0.25, 0.3) is 5.91 Å². The van der Waals surface area contributed by atoms with Crippen molar-refractivity contribution in [3.63, 3.8) is 0 Å². The minimum atomic E-state index is 0.000680. The van der Waals surface area contributed by atoms with Crippen LogP contribution in [0.4, 0.5) is 0 Å². The fourth-order valence-corrected chi connectivity index (χ4v) is 3.01. The fraction of sp³-hybridized carbons (Fsp3) is 0.533. The predicted molar refractivity (Wildman–Crippen MR) is 82.1 cm³/mol. The highest BCUT2D eigenvalue weighted by Gasteiger charge is 2.30. The van der Waals surface area contributed by atoms with Gasteiger partial charge in [-0.3, -0.25) is 9.69 Å². The molecule has 5 nitrogen and oxygen atoms in total. The van der Waals surface area contributed by atoms with Gasteiger partial charge in [0, 0.05) is 50.3 Å². The molecule has 0 aromatic heterocycles. The number of nitrogens with zero attached hydrogens (tertiary/aromatic N) is 2. The molecule has 2 heterocycles. The summed E-state index contributed by atoms with van der Waals surface area (Å²) in [5.74, 6) is 0.579. The van der Waals surface area contributed by atoms with Crippen LogP contribution >= 0.6 is 11.6 Å². The van der Waals surface area contributed by atoms with Gasteiger partial charge in [0.15, 0.2) is 0 Å². The first kappa shape index (κ1) is 14.6.